The lowest BCUT2D eigenvalue weighted by Crippen LogP contribution is -2.19. The average Bonchev–Trinajstić information content (AvgIpc) is 2.85. The van der Waals surface area contributed by atoms with Crippen LogP contribution in [0.1, 0.15) is 10.4 Å². The van der Waals surface area contributed by atoms with E-state index in [1.165, 1.54) is 10.4 Å². The van der Waals surface area contributed by atoms with E-state index in [-0.39, 0.29) is 0 Å². The van der Waals surface area contributed by atoms with Crippen molar-refractivity contribution in [2.24, 2.45) is 0 Å². The third kappa shape index (κ3) is 2.87. The fourth-order valence-electron chi connectivity index (χ4n) is 1.33. The maximum atomic E-state index is 4.04. The lowest BCUT2D eigenvalue weighted by molar-refractivity contribution is 0.555. The van der Waals surface area contributed by atoms with Gasteiger partial charge in [-0.05, 0) is 23.9 Å². The van der Waals surface area contributed by atoms with Crippen LogP contribution in [0.3, 0.4) is 0 Å². The third-order valence-electron chi connectivity index (χ3n) is 2.24. The molecule has 0 saturated heterocycles. The van der Waals surface area contributed by atoms with E-state index in [9.17, 15) is 0 Å². The number of aromatic nitrogens is 3. The van der Waals surface area contributed by atoms with E-state index in [1.807, 2.05) is 4.68 Å². The van der Waals surface area contributed by atoms with Gasteiger partial charge in [0.05, 0.1) is 6.54 Å². The van der Waals surface area contributed by atoms with Crippen LogP contribution in [0.5, 0.6) is 0 Å². The Morgan fingerprint density at radius 1 is 1.53 bits per heavy atom. The number of nitrogens with zero attached hydrogens (tertiary/aromatic N) is 3. The zero-order valence-electron chi connectivity index (χ0n) is 8.68. The molecule has 4 nitrogen and oxygen atoms in total. The van der Waals surface area contributed by atoms with E-state index in [1.54, 1.807) is 24.0 Å². The number of thiophene rings is 1. The van der Waals surface area contributed by atoms with Crippen LogP contribution in [0.4, 0.5) is 0 Å². The van der Waals surface area contributed by atoms with Crippen LogP contribution in [-0.4, -0.2) is 21.3 Å². The van der Waals surface area contributed by atoms with Gasteiger partial charge in [-0.15, -0.1) is 11.3 Å². The molecule has 0 radical (unpaired) electrons. The molecule has 2 aromatic rings. The molecule has 0 spiro atoms. The standard InChI is InChI=1S/C10H14N4S/c1-9-2-5-15-10(9)6-11-3-4-14-8-12-7-13-14/h2,5,7-8,11H,3-4,6H2,1H3. The van der Waals surface area contributed by atoms with E-state index >= 15 is 0 Å². The molecule has 15 heavy (non-hydrogen) atoms. The molecule has 0 aliphatic heterocycles. The van der Waals surface area contributed by atoms with Gasteiger partial charge >= 0.3 is 0 Å². The average molecular weight is 222 g/mol. The SMILES string of the molecule is Cc1ccsc1CNCCn1cncn1. The van der Waals surface area contributed by atoms with Gasteiger partial charge in [-0.1, -0.05) is 0 Å². The summed E-state index contributed by atoms with van der Waals surface area (Å²) in [6, 6.07) is 2.15. The summed E-state index contributed by atoms with van der Waals surface area (Å²) in [7, 11) is 0. The van der Waals surface area contributed by atoms with Crippen molar-refractivity contribution in [1.29, 1.82) is 0 Å². The second kappa shape index (κ2) is 5.04. The van der Waals surface area contributed by atoms with Gasteiger partial charge in [0, 0.05) is 18.0 Å². The van der Waals surface area contributed by atoms with E-state index < -0.39 is 0 Å². The second-order valence-electron chi connectivity index (χ2n) is 3.36. The molecule has 0 fully saturated rings. The number of aryl methyl sites for hydroxylation is 1. The first-order valence-electron chi connectivity index (χ1n) is 4.92. The summed E-state index contributed by atoms with van der Waals surface area (Å²) >= 11 is 1.80. The zero-order chi connectivity index (χ0) is 10.5. The summed E-state index contributed by atoms with van der Waals surface area (Å²) in [4.78, 5) is 5.30. The highest BCUT2D eigenvalue weighted by Gasteiger charge is 1.98. The van der Waals surface area contributed by atoms with Crippen LogP contribution >= 0.6 is 11.3 Å². The van der Waals surface area contributed by atoms with Gasteiger partial charge in [-0.25, -0.2) is 4.98 Å². The van der Waals surface area contributed by atoms with Crippen molar-refractivity contribution in [2.45, 2.75) is 20.0 Å². The summed E-state index contributed by atoms with van der Waals surface area (Å²) in [6.07, 6.45) is 3.29. The number of rotatable bonds is 5. The minimum atomic E-state index is 0.865. The first kappa shape index (κ1) is 10.3. The monoisotopic (exact) mass is 222 g/mol. The van der Waals surface area contributed by atoms with Gasteiger partial charge in [0.1, 0.15) is 12.7 Å². The molecule has 2 heterocycles. The first-order chi connectivity index (χ1) is 7.36. The van der Waals surface area contributed by atoms with E-state index in [2.05, 4.69) is 33.8 Å². The molecule has 0 amide bonds. The van der Waals surface area contributed by atoms with Crippen LogP contribution in [-0.2, 0) is 13.1 Å². The fraction of sp³-hybridized carbons (Fsp3) is 0.400. The Morgan fingerprint density at radius 2 is 2.47 bits per heavy atom. The molecule has 0 saturated carbocycles. The van der Waals surface area contributed by atoms with Crippen LogP contribution in [0.15, 0.2) is 24.1 Å². The number of hydrogen-bond donors (Lipinski definition) is 1. The van der Waals surface area contributed by atoms with Crippen LogP contribution in [0, 0.1) is 6.92 Å². The normalized spacial score (nSPS) is 10.7. The van der Waals surface area contributed by atoms with Gasteiger partial charge in [-0.3, -0.25) is 4.68 Å². The third-order valence-corrected chi connectivity index (χ3v) is 3.26. The van der Waals surface area contributed by atoms with Crippen LogP contribution < -0.4 is 5.32 Å². The highest BCUT2D eigenvalue weighted by Crippen LogP contribution is 2.14. The van der Waals surface area contributed by atoms with Crippen molar-refractivity contribution in [3.8, 4) is 0 Å². The molecular formula is C10H14N4S. The Kier molecular flexibility index (Phi) is 3.47. The highest BCUT2D eigenvalue weighted by atomic mass is 32.1. The van der Waals surface area contributed by atoms with E-state index in [0.29, 0.717) is 0 Å². The molecule has 1 N–H and O–H groups in total. The summed E-state index contributed by atoms with van der Waals surface area (Å²) < 4.78 is 1.83. The Hall–Kier alpha value is -1.20. The molecule has 0 bridgehead atoms. The van der Waals surface area contributed by atoms with Gasteiger partial charge < -0.3 is 5.32 Å². The predicted octanol–water partition coefficient (Wildman–Crippen LogP) is 1.44. The largest absolute Gasteiger partial charge is 0.310 e. The Balaban J connectivity index is 1.70. The summed E-state index contributed by atoms with van der Waals surface area (Å²) in [5.41, 5.74) is 1.37. The van der Waals surface area contributed by atoms with Crippen molar-refractivity contribution in [2.75, 3.05) is 6.54 Å². The lowest BCUT2D eigenvalue weighted by atomic mass is 10.3. The molecule has 0 aliphatic carbocycles. The molecule has 5 heteroatoms. The summed E-state index contributed by atoms with van der Waals surface area (Å²) in [5, 5.41) is 9.55. The van der Waals surface area contributed by atoms with E-state index in [4.69, 9.17) is 0 Å². The smallest absolute Gasteiger partial charge is 0.137 e. The lowest BCUT2D eigenvalue weighted by Gasteiger charge is -2.03. The van der Waals surface area contributed by atoms with Gasteiger partial charge in [0.15, 0.2) is 0 Å². The minimum Gasteiger partial charge on any atom is -0.310 e. The molecule has 80 valence electrons. The van der Waals surface area contributed by atoms with Crippen molar-refractivity contribution in [3.05, 3.63) is 34.5 Å². The molecule has 0 aliphatic rings. The predicted molar refractivity (Wildman–Crippen MR) is 60.8 cm³/mol. The van der Waals surface area contributed by atoms with Gasteiger partial charge in [0.2, 0.25) is 0 Å². The maximum Gasteiger partial charge on any atom is 0.137 e. The Labute approximate surface area is 93.0 Å². The fourth-order valence-corrected chi connectivity index (χ4v) is 2.20. The second-order valence-corrected chi connectivity index (χ2v) is 4.36. The number of hydrogen-bond acceptors (Lipinski definition) is 4. The zero-order valence-corrected chi connectivity index (χ0v) is 9.50. The molecule has 0 unspecified atom stereocenters. The van der Waals surface area contributed by atoms with Crippen LogP contribution in [0.2, 0.25) is 0 Å². The topological polar surface area (TPSA) is 42.7 Å². The van der Waals surface area contributed by atoms with Gasteiger partial charge in [-0.2, -0.15) is 5.10 Å². The molecule has 0 aromatic carbocycles. The quantitative estimate of drug-likeness (QED) is 0.778. The summed E-state index contributed by atoms with van der Waals surface area (Å²) in [6.45, 7) is 4.87. The first-order valence-corrected chi connectivity index (χ1v) is 5.80. The molecule has 2 rings (SSSR count). The van der Waals surface area contributed by atoms with Crippen molar-refractivity contribution in [3.63, 3.8) is 0 Å². The van der Waals surface area contributed by atoms with Crippen molar-refractivity contribution in [1.82, 2.24) is 20.1 Å². The van der Waals surface area contributed by atoms with Crippen molar-refractivity contribution < 1.29 is 0 Å². The van der Waals surface area contributed by atoms with E-state index in [0.717, 1.165) is 19.6 Å². The maximum absolute atomic E-state index is 4.04. The number of nitrogens with one attached hydrogen (secondary N) is 1. The molecular weight excluding hydrogens is 208 g/mol. The Bertz CT molecular complexity index is 393. The van der Waals surface area contributed by atoms with Crippen LogP contribution in [0.25, 0.3) is 0 Å². The molecule has 2 aromatic heterocycles. The Morgan fingerprint density at radius 3 is 3.13 bits per heavy atom. The summed E-state index contributed by atoms with van der Waals surface area (Å²) in [5.74, 6) is 0. The minimum absolute atomic E-state index is 0.865. The van der Waals surface area contributed by atoms with Crippen molar-refractivity contribution >= 4 is 11.3 Å². The highest BCUT2D eigenvalue weighted by molar-refractivity contribution is 7.10. The molecule has 0 atom stereocenters. The van der Waals surface area contributed by atoms with Gasteiger partial charge in [0.25, 0.3) is 0 Å².